The fourth-order valence-corrected chi connectivity index (χ4v) is 2.55. The van der Waals surface area contributed by atoms with E-state index in [4.69, 9.17) is 5.11 Å². The predicted molar refractivity (Wildman–Crippen MR) is 80.5 cm³/mol. The third kappa shape index (κ3) is 2.67. The molecule has 3 rings (SSSR count). The monoisotopic (exact) mass is 283 g/mol. The van der Waals surface area contributed by atoms with E-state index in [0.717, 1.165) is 23.2 Å². The number of amides is 1. The van der Waals surface area contributed by atoms with E-state index < -0.39 is 6.09 Å². The standard InChI is InChI=1S/C16H17N3O2/c1-12-4-2-3-5-15(12)19-11-14(10-17-19)13-6-8-18(9-7-13)16(20)21/h2-6,10-11H,7-9H2,1H3,(H,20,21). The summed E-state index contributed by atoms with van der Waals surface area (Å²) in [6, 6.07) is 8.09. The van der Waals surface area contributed by atoms with Crippen molar-refractivity contribution >= 4 is 11.7 Å². The van der Waals surface area contributed by atoms with Crippen LogP contribution in [0.25, 0.3) is 11.3 Å². The molecule has 5 heteroatoms. The summed E-state index contributed by atoms with van der Waals surface area (Å²) in [5, 5.41) is 13.4. The van der Waals surface area contributed by atoms with Crippen molar-refractivity contribution in [2.24, 2.45) is 0 Å². The van der Waals surface area contributed by atoms with Gasteiger partial charge in [0.2, 0.25) is 0 Å². The second kappa shape index (κ2) is 5.44. The zero-order valence-corrected chi connectivity index (χ0v) is 11.9. The Hall–Kier alpha value is -2.56. The van der Waals surface area contributed by atoms with Gasteiger partial charge in [-0.1, -0.05) is 24.3 Å². The van der Waals surface area contributed by atoms with Gasteiger partial charge in [-0.3, -0.25) is 0 Å². The molecule has 0 bridgehead atoms. The molecule has 1 amide bonds. The average molecular weight is 283 g/mol. The minimum atomic E-state index is -0.860. The lowest BCUT2D eigenvalue weighted by molar-refractivity contribution is 0.150. The molecule has 2 aromatic rings. The van der Waals surface area contributed by atoms with Crippen LogP contribution in [0.1, 0.15) is 17.5 Å². The molecule has 0 fully saturated rings. The second-order valence-electron chi connectivity index (χ2n) is 5.17. The molecule has 5 nitrogen and oxygen atoms in total. The Balaban J connectivity index is 1.83. The van der Waals surface area contributed by atoms with E-state index >= 15 is 0 Å². The molecule has 1 aliphatic rings. The number of nitrogens with zero attached hydrogens (tertiary/aromatic N) is 3. The van der Waals surface area contributed by atoms with Crippen molar-refractivity contribution in [2.75, 3.05) is 13.1 Å². The lowest BCUT2D eigenvalue weighted by Crippen LogP contribution is -2.33. The van der Waals surface area contributed by atoms with E-state index in [1.165, 1.54) is 10.5 Å². The summed E-state index contributed by atoms with van der Waals surface area (Å²) >= 11 is 0. The fraction of sp³-hybridized carbons (Fsp3) is 0.250. The summed E-state index contributed by atoms with van der Waals surface area (Å²) in [5.74, 6) is 0. The molecule has 0 unspecified atom stereocenters. The van der Waals surface area contributed by atoms with Gasteiger partial charge in [-0.05, 0) is 30.5 Å². The van der Waals surface area contributed by atoms with Crippen LogP contribution in [0.2, 0.25) is 0 Å². The summed E-state index contributed by atoms with van der Waals surface area (Å²) < 4.78 is 1.87. The number of carboxylic acid groups (broad SMARTS) is 1. The van der Waals surface area contributed by atoms with Crippen LogP contribution in [0.3, 0.4) is 0 Å². The van der Waals surface area contributed by atoms with Crippen LogP contribution in [0, 0.1) is 6.92 Å². The highest BCUT2D eigenvalue weighted by atomic mass is 16.4. The van der Waals surface area contributed by atoms with Crippen LogP contribution >= 0.6 is 0 Å². The first-order chi connectivity index (χ1) is 10.1. The van der Waals surface area contributed by atoms with Gasteiger partial charge in [0.05, 0.1) is 11.9 Å². The normalized spacial score (nSPS) is 14.9. The molecular weight excluding hydrogens is 266 g/mol. The third-order valence-corrected chi connectivity index (χ3v) is 3.80. The lowest BCUT2D eigenvalue weighted by Gasteiger charge is -2.23. The molecule has 0 radical (unpaired) electrons. The van der Waals surface area contributed by atoms with Crippen LogP contribution in [0.4, 0.5) is 4.79 Å². The Kier molecular flexibility index (Phi) is 3.48. The zero-order valence-electron chi connectivity index (χ0n) is 11.9. The average Bonchev–Trinajstić information content (AvgIpc) is 2.97. The van der Waals surface area contributed by atoms with Crippen molar-refractivity contribution in [1.82, 2.24) is 14.7 Å². The maximum atomic E-state index is 10.9. The van der Waals surface area contributed by atoms with Crippen molar-refractivity contribution < 1.29 is 9.90 Å². The quantitative estimate of drug-likeness (QED) is 0.921. The van der Waals surface area contributed by atoms with Gasteiger partial charge in [0, 0.05) is 24.8 Å². The van der Waals surface area contributed by atoms with E-state index in [9.17, 15) is 4.79 Å². The summed E-state index contributed by atoms with van der Waals surface area (Å²) in [5.41, 5.74) is 4.45. The summed E-state index contributed by atoms with van der Waals surface area (Å²) in [7, 11) is 0. The smallest absolute Gasteiger partial charge is 0.407 e. The molecule has 0 aliphatic carbocycles. The number of carbonyl (C=O) groups is 1. The largest absolute Gasteiger partial charge is 0.465 e. The van der Waals surface area contributed by atoms with Crippen molar-refractivity contribution in [1.29, 1.82) is 0 Å². The number of aryl methyl sites for hydroxylation is 1. The van der Waals surface area contributed by atoms with Crippen LogP contribution in [-0.4, -0.2) is 39.0 Å². The Labute approximate surface area is 123 Å². The zero-order chi connectivity index (χ0) is 14.8. The number of para-hydroxylation sites is 1. The molecule has 1 aromatic carbocycles. The molecule has 1 N–H and O–H groups in total. The fourth-order valence-electron chi connectivity index (χ4n) is 2.55. The molecule has 2 heterocycles. The number of rotatable bonds is 2. The number of aromatic nitrogens is 2. The molecular formula is C16H17N3O2. The Bertz CT molecular complexity index is 703. The van der Waals surface area contributed by atoms with Crippen LogP contribution in [-0.2, 0) is 0 Å². The van der Waals surface area contributed by atoms with Crippen molar-refractivity contribution in [3.05, 3.63) is 53.9 Å². The van der Waals surface area contributed by atoms with Crippen molar-refractivity contribution in [2.45, 2.75) is 13.3 Å². The highest BCUT2D eigenvalue weighted by molar-refractivity contribution is 5.71. The van der Waals surface area contributed by atoms with E-state index in [-0.39, 0.29) is 0 Å². The maximum Gasteiger partial charge on any atom is 0.407 e. The predicted octanol–water partition coefficient (Wildman–Crippen LogP) is 2.95. The Morgan fingerprint density at radius 1 is 1.33 bits per heavy atom. The first-order valence-electron chi connectivity index (χ1n) is 6.93. The highest BCUT2D eigenvalue weighted by Gasteiger charge is 2.17. The lowest BCUT2D eigenvalue weighted by atomic mass is 10.0. The van der Waals surface area contributed by atoms with Gasteiger partial charge in [0.15, 0.2) is 0 Å². The Morgan fingerprint density at radius 2 is 2.14 bits per heavy atom. The van der Waals surface area contributed by atoms with Crippen molar-refractivity contribution in [3.8, 4) is 5.69 Å². The first-order valence-corrected chi connectivity index (χ1v) is 6.93. The molecule has 0 spiro atoms. The Morgan fingerprint density at radius 3 is 2.81 bits per heavy atom. The molecule has 108 valence electrons. The van der Waals surface area contributed by atoms with Crippen LogP contribution in [0.5, 0.6) is 0 Å². The topological polar surface area (TPSA) is 58.4 Å². The number of benzene rings is 1. The molecule has 0 saturated carbocycles. The van der Waals surface area contributed by atoms with E-state index in [0.29, 0.717) is 13.1 Å². The molecule has 21 heavy (non-hydrogen) atoms. The van der Waals surface area contributed by atoms with Gasteiger partial charge < -0.3 is 10.0 Å². The van der Waals surface area contributed by atoms with Crippen LogP contribution < -0.4 is 0 Å². The van der Waals surface area contributed by atoms with Crippen molar-refractivity contribution in [3.63, 3.8) is 0 Å². The summed E-state index contributed by atoms with van der Waals surface area (Å²) in [6.07, 6.45) is 5.68. The van der Waals surface area contributed by atoms with Gasteiger partial charge in [-0.25, -0.2) is 9.48 Å². The van der Waals surface area contributed by atoms with Gasteiger partial charge in [-0.2, -0.15) is 5.10 Å². The van der Waals surface area contributed by atoms with E-state index in [2.05, 4.69) is 18.1 Å². The summed E-state index contributed by atoms with van der Waals surface area (Å²) in [6.45, 7) is 3.04. The number of hydrogen-bond acceptors (Lipinski definition) is 2. The summed E-state index contributed by atoms with van der Waals surface area (Å²) in [4.78, 5) is 12.3. The molecule has 1 aliphatic heterocycles. The van der Waals surface area contributed by atoms with Gasteiger partial charge in [-0.15, -0.1) is 0 Å². The minimum absolute atomic E-state index is 0.445. The minimum Gasteiger partial charge on any atom is -0.465 e. The van der Waals surface area contributed by atoms with Crippen LogP contribution in [0.15, 0.2) is 42.7 Å². The first kappa shape index (κ1) is 13.4. The molecule has 1 aromatic heterocycles. The molecule has 0 atom stereocenters. The van der Waals surface area contributed by atoms with Gasteiger partial charge >= 0.3 is 6.09 Å². The van der Waals surface area contributed by atoms with Gasteiger partial charge in [0.25, 0.3) is 0 Å². The maximum absolute atomic E-state index is 10.9. The van der Waals surface area contributed by atoms with Gasteiger partial charge in [0.1, 0.15) is 0 Å². The highest BCUT2D eigenvalue weighted by Crippen LogP contribution is 2.23. The van der Waals surface area contributed by atoms with E-state index in [1.807, 2.05) is 41.4 Å². The number of hydrogen-bond donors (Lipinski definition) is 1. The SMILES string of the molecule is Cc1ccccc1-n1cc(C2=CCN(C(=O)O)CC2)cn1. The third-order valence-electron chi connectivity index (χ3n) is 3.80. The molecule has 0 saturated heterocycles. The second-order valence-corrected chi connectivity index (χ2v) is 5.17. The van der Waals surface area contributed by atoms with E-state index in [1.54, 1.807) is 0 Å².